The van der Waals surface area contributed by atoms with Crippen molar-refractivity contribution in [3.63, 3.8) is 0 Å². The summed E-state index contributed by atoms with van der Waals surface area (Å²) < 4.78 is 0. The Balaban J connectivity index is 2.89. The summed E-state index contributed by atoms with van der Waals surface area (Å²) in [6.07, 6.45) is 0.590. The van der Waals surface area contributed by atoms with Crippen LogP contribution in [0.15, 0.2) is 12.1 Å². The predicted molar refractivity (Wildman–Crippen MR) is 66.4 cm³/mol. The van der Waals surface area contributed by atoms with Gasteiger partial charge in [0.2, 0.25) is 5.91 Å². The average Bonchev–Trinajstić information content (AvgIpc) is 2.24. The summed E-state index contributed by atoms with van der Waals surface area (Å²) in [5.74, 6) is -0.113. The first-order valence-electron chi connectivity index (χ1n) is 5.49. The molecule has 0 heterocycles. The molecule has 16 heavy (non-hydrogen) atoms. The fourth-order valence-corrected chi connectivity index (χ4v) is 1.76. The average molecular weight is 220 g/mol. The van der Waals surface area contributed by atoms with Crippen LogP contribution in [0, 0.1) is 20.8 Å². The SMILES string of the molecule is CNC(=O)C(N)Cc1cc(C)c(C)cc1C. The van der Waals surface area contributed by atoms with Crippen LogP contribution in [0.3, 0.4) is 0 Å². The van der Waals surface area contributed by atoms with Crippen LogP contribution in [-0.4, -0.2) is 19.0 Å². The largest absolute Gasteiger partial charge is 0.358 e. The van der Waals surface area contributed by atoms with Crippen molar-refractivity contribution in [2.24, 2.45) is 5.73 Å². The van der Waals surface area contributed by atoms with E-state index in [4.69, 9.17) is 5.73 Å². The van der Waals surface area contributed by atoms with E-state index in [2.05, 4.69) is 38.2 Å². The first-order chi connectivity index (χ1) is 7.45. The van der Waals surface area contributed by atoms with Crippen LogP contribution in [0.2, 0.25) is 0 Å². The van der Waals surface area contributed by atoms with Crippen LogP contribution in [-0.2, 0) is 11.2 Å². The number of carbonyl (C=O) groups excluding carboxylic acids is 1. The number of hydrogen-bond acceptors (Lipinski definition) is 2. The molecule has 0 saturated carbocycles. The molecule has 1 atom stereocenters. The highest BCUT2D eigenvalue weighted by molar-refractivity contribution is 5.81. The standard InChI is InChI=1S/C13H20N2O/c1-8-5-10(3)11(6-9(8)2)7-12(14)13(16)15-4/h5-6,12H,7,14H2,1-4H3,(H,15,16). The third kappa shape index (κ3) is 2.83. The van der Waals surface area contributed by atoms with Crippen LogP contribution < -0.4 is 11.1 Å². The smallest absolute Gasteiger partial charge is 0.237 e. The Bertz CT molecular complexity index is 399. The molecule has 88 valence electrons. The van der Waals surface area contributed by atoms with Gasteiger partial charge in [-0.25, -0.2) is 0 Å². The summed E-state index contributed by atoms with van der Waals surface area (Å²) in [6, 6.07) is 3.79. The zero-order chi connectivity index (χ0) is 12.3. The Morgan fingerprint density at radius 1 is 1.25 bits per heavy atom. The number of aryl methyl sites for hydroxylation is 3. The van der Waals surface area contributed by atoms with Crippen LogP contribution in [0.4, 0.5) is 0 Å². The number of benzene rings is 1. The summed E-state index contributed by atoms with van der Waals surface area (Å²) in [6.45, 7) is 6.22. The van der Waals surface area contributed by atoms with Crippen molar-refractivity contribution in [2.45, 2.75) is 33.2 Å². The van der Waals surface area contributed by atoms with Gasteiger partial charge < -0.3 is 11.1 Å². The molecule has 0 aromatic heterocycles. The number of hydrogen-bond donors (Lipinski definition) is 2. The third-order valence-electron chi connectivity index (χ3n) is 2.98. The van der Waals surface area contributed by atoms with E-state index in [1.165, 1.54) is 16.7 Å². The van der Waals surface area contributed by atoms with E-state index in [9.17, 15) is 4.79 Å². The molecule has 0 fully saturated rings. The lowest BCUT2D eigenvalue weighted by molar-refractivity contribution is -0.121. The number of nitrogens with two attached hydrogens (primary N) is 1. The Morgan fingerprint density at radius 2 is 1.81 bits per heavy atom. The van der Waals surface area contributed by atoms with Gasteiger partial charge in [-0.3, -0.25) is 4.79 Å². The second-order valence-electron chi connectivity index (χ2n) is 4.29. The quantitative estimate of drug-likeness (QED) is 0.805. The van der Waals surface area contributed by atoms with Gasteiger partial charge in [-0.15, -0.1) is 0 Å². The number of nitrogens with one attached hydrogen (secondary N) is 1. The molecule has 3 N–H and O–H groups in total. The summed E-state index contributed by atoms with van der Waals surface area (Å²) in [4.78, 5) is 11.3. The second kappa shape index (κ2) is 5.12. The summed E-state index contributed by atoms with van der Waals surface area (Å²) >= 11 is 0. The van der Waals surface area contributed by atoms with Crippen LogP contribution in [0.25, 0.3) is 0 Å². The highest BCUT2D eigenvalue weighted by Crippen LogP contribution is 2.16. The Morgan fingerprint density at radius 3 is 2.38 bits per heavy atom. The van der Waals surface area contributed by atoms with Gasteiger partial charge >= 0.3 is 0 Å². The third-order valence-corrected chi connectivity index (χ3v) is 2.98. The van der Waals surface area contributed by atoms with E-state index in [0.29, 0.717) is 6.42 Å². The molecule has 1 rings (SSSR count). The van der Waals surface area contributed by atoms with Crippen molar-refractivity contribution in [1.82, 2.24) is 5.32 Å². The zero-order valence-corrected chi connectivity index (χ0v) is 10.4. The number of amides is 1. The molecule has 3 nitrogen and oxygen atoms in total. The molecule has 1 amide bonds. The van der Waals surface area contributed by atoms with Gasteiger partial charge in [-0.1, -0.05) is 12.1 Å². The molecule has 1 aromatic rings. The molecular weight excluding hydrogens is 200 g/mol. The van der Waals surface area contributed by atoms with E-state index in [0.717, 1.165) is 5.56 Å². The molecule has 0 aliphatic rings. The van der Waals surface area contributed by atoms with Gasteiger partial charge in [0.1, 0.15) is 0 Å². The molecule has 1 unspecified atom stereocenters. The van der Waals surface area contributed by atoms with Crippen molar-refractivity contribution in [2.75, 3.05) is 7.05 Å². The zero-order valence-electron chi connectivity index (χ0n) is 10.4. The molecule has 0 aliphatic carbocycles. The Kier molecular flexibility index (Phi) is 4.07. The topological polar surface area (TPSA) is 55.1 Å². The highest BCUT2D eigenvalue weighted by Gasteiger charge is 2.13. The minimum atomic E-state index is -0.467. The van der Waals surface area contributed by atoms with Gasteiger partial charge in [0.05, 0.1) is 6.04 Å². The first-order valence-corrected chi connectivity index (χ1v) is 5.49. The predicted octanol–water partition coefficient (Wildman–Crippen LogP) is 1.23. The van der Waals surface area contributed by atoms with Crippen molar-refractivity contribution in [3.8, 4) is 0 Å². The monoisotopic (exact) mass is 220 g/mol. The maximum absolute atomic E-state index is 11.3. The maximum Gasteiger partial charge on any atom is 0.237 e. The molecule has 0 saturated heterocycles. The fourth-order valence-electron chi connectivity index (χ4n) is 1.76. The molecule has 3 heteroatoms. The lowest BCUT2D eigenvalue weighted by atomic mass is 9.96. The van der Waals surface area contributed by atoms with Gasteiger partial charge in [0.25, 0.3) is 0 Å². The first kappa shape index (κ1) is 12.7. The summed E-state index contributed by atoms with van der Waals surface area (Å²) in [5, 5.41) is 2.57. The van der Waals surface area contributed by atoms with E-state index < -0.39 is 6.04 Å². The van der Waals surface area contributed by atoms with Crippen LogP contribution in [0.1, 0.15) is 22.3 Å². The van der Waals surface area contributed by atoms with E-state index in [1.54, 1.807) is 7.05 Å². The maximum atomic E-state index is 11.3. The van der Waals surface area contributed by atoms with Gasteiger partial charge in [0.15, 0.2) is 0 Å². The molecule has 0 spiro atoms. The molecule has 0 radical (unpaired) electrons. The minimum Gasteiger partial charge on any atom is -0.358 e. The Hall–Kier alpha value is -1.35. The molecule has 0 aliphatic heterocycles. The fraction of sp³-hybridized carbons (Fsp3) is 0.462. The minimum absolute atomic E-state index is 0.113. The highest BCUT2D eigenvalue weighted by atomic mass is 16.2. The lowest BCUT2D eigenvalue weighted by Gasteiger charge is -2.14. The van der Waals surface area contributed by atoms with Gasteiger partial charge in [-0.05, 0) is 49.4 Å². The summed E-state index contributed by atoms with van der Waals surface area (Å²) in [7, 11) is 1.61. The van der Waals surface area contributed by atoms with Crippen molar-refractivity contribution in [3.05, 3.63) is 34.4 Å². The normalized spacial score (nSPS) is 12.3. The van der Waals surface area contributed by atoms with Crippen molar-refractivity contribution < 1.29 is 4.79 Å². The second-order valence-corrected chi connectivity index (χ2v) is 4.29. The number of likely N-dealkylation sites (N-methyl/N-ethyl adjacent to an activating group) is 1. The Labute approximate surface area is 97.0 Å². The number of carbonyl (C=O) groups is 1. The van der Waals surface area contributed by atoms with E-state index in [-0.39, 0.29) is 5.91 Å². The van der Waals surface area contributed by atoms with Crippen LogP contribution >= 0.6 is 0 Å². The van der Waals surface area contributed by atoms with Crippen molar-refractivity contribution >= 4 is 5.91 Å². The summed E-state index contributed by atoms with van der Waals surface area (Å²) in [5.41, 5.74) is 10.7. The molecular formula is C13H20N2O. The van der Waals surface area contributed by atoms with E-state index in [1.807, 2.05) is 0 Å². The lowest BCUT2D eigenvalue weighted by Crippen LogP contribution is -2.40. The van der Waals surface area contributed by atoms with E-state index >= 15 is 0 Å². The molecule has 0 bridgehead atoms. The number of rotatable bonds is 3. The van der Waals surface area contributed by atoms with Gasteiger partial charge in [0, 0.05) is 7.05 Å². The van der Waals surface area contributed by atoms with Gasteiger partial charge in [-0.2, -0.15) is 0 Å². The van der Waals surface area contributed by atoms with Crippen molar-refractivity contribution in [1.29, 1.82) is 0 Å². The molecule has 1 aromatic carbocycles. The van der Waals surface area contributed by atoms with Crippen LogP contribution in [0.5, 0.6) is 0 Å².